The minimum Gasteiger partial charge on any atom is -0.395 e. The van der Waals surface area contributed by atoms with E-state index in [9.17, 15) is 61.0 Å². The quantitative estimate of drug-likeness (QED) is 0.429. The lowest BCUT2D eigenvalue weighted by Crippen LogP contribution is -2.56. The Kier molecular flexibility index (Phi) is 5.05. The summed E-state index contributed by atoms with van der Waals surface area (Å²) in [6.45, 7) is 0. The van der Waals surface area contributed by atoms with Gasteiger partial charge in [-0.15, -0.1) is 3.89 Å². The van der Waals surface area contributed by atoms with Gasteiger partial charge in [0, 0.05) is 0 Å². The van der Waals surface area contributed by atoms with E-state index in [1.165, 1.54) is 0 Å². The minimum atomic E-state index is -7.16. The summed E-state index contributed by atoms with van der Waals surface area (Å²) in [5.74, 6) is -11.1. The molecular formula is C6HF11O4S. The first-order valence-corrected chi connectivity index (χ1v) is 5.75. The summed E-state index contributed by atoms with van der Waals surface area (Å²) in [6.07, 6.45) is -20.4. The average Bonchev–Trinajstić information content (AvgIpc) is 2.07. The summed E-state index contributed by atoms with van der Waals surface area (Å²) < 4.78 is 154. The number of alkyl halides is 10. The van der Waals surface area contributed by atoms with Gasteiger partial charge in [0.1, 0.15) is 0 Å². The second-order valence-corrected chi connectivity index (χ2v) is 4.83. The highest BCUT2D eigenvalue weighted by Gasteiger charge is 2.77. The Balaban J connectivity index is 5.69. The number of ether oxygens (including phenoxy) is 1. The van der Waals surface area contributed by atoms with Crippen molar-refractivity contribution in [3.05, 3.63) is 0 Å². The first-order valence-electron chi connectivity index (χ1n) is 4.30. The highest BCUT2D eigenvalue weighted by atomic mass is 32.3. The molecule has 4 nitrogen and oxygen atoms in total. The van der Waals surface area contributed by atoms with Gasteiger partial charge in [0.25, 0.3) is 5.25 Å². The molecule has 0 spiro atoms. The number of hydrogen-bond donors (Lipinski definition) is 0. The zero-order chi connectivity index (χ0) is 18.4. The van der Waals surface area contributed by atoms with Crippen LogP contribution >= 0.6 is 0 Å². The van der Waals surface area contributed by atoms with Crippen molar-refractivity contribution >= 4 is 16.2 Å². The SMILES string of the molecule is O=C(OC(F)(F)C(F)(F)C(F)(F)F)C(C(F)(F)F)S(=O)(=O)F. The topological polar surface area (TPSA) is 60.4 Å². The van der Waals surface area contributed by atoms with Gasteiger partial charge in [-0.05, 0) is 0 Å². The molecule has 16 heteroatoms. The van der Waals surface area contributed by atoms with Gasteiger partial charge in [0.15, 0.2) is 0 Å². The molecule has 132 valence electrons. The van der Waals surface area contributed by atoms with E-state index in [4.69, 9.17) is 0 Å². The monoisotopic (exact) mass is 378 g/mol. The van der Waals surface area contributed by atoms with Gasteiger partial charge in [0.05, 0.1) is 0 Å². The van der Waals surface area contributed by atoms with E-state index >= 15 is 0 Å². The fourth-order valence-corrected chi connectivity index (χ4v) is 1.41. The van der Waals surface area contributed by atoms with Crippen LogP contribution in [0.3, 0.4) is 0 Å². The molecule has 0 aliphatic rings. The number of hydrogen-bond acceptors (Lipinski definition) is 4. The molecule has 0 rings (SSSR count). The lowest BCUT2D eigenvalue weighted by atomic mass is 10.3. The van der Waals surface area contributed by atoms with E-state index in [-0.39, 0.29) is 0 Å². The molecule has 0 radical (unpaired) electrons. The van der Waals surface area contributed by atoms with Gasteiger partial charge in [-0.25, -0.2) is 0 Å². The molecule has 0 bridgehead atoms. The maximum Gasteiger partial charge on any atom is 0.476 e. The van der Waals surface area contributed by atoms with E-state index in [2.05, 4.69) is 0 Å². The first kappa shape index (κ1) is 20.6. The van der Waals surface area contributed by atoms with Gasteiger partial charge >= 0.3 is 40.6 Å². The van der Waals surface area contributed by atoms with E-state index < -0.39 is 45.8 Å². The second kappa shape index (κ2) is 5.38. The van der Waals surface area contributed by atoms with Crippen LogP contribution in [-0.2, 0) is 19.8 Å². The molecule has 0 aromatic carbocycles. The lowest BCUT2D eigenvalue weighted by Gasteiger charge is -2.28. The second-order valence-electron chi connectivity index (χ2n) is 3.41. The van der Waals surface area contributed by atoms with Crippen LogP contribution in [0, 0.1) is 0 Å². The highest BCUT2D eigenvalue weighted by Crippen LogP contribution is 2.47. The molecule has 0 fully saturated rings. The lowest BCUT2D eigenvalue weighted by molar-refractivity contribution is -0.412. The molecular weight excluding hydrogens is 377 g/mol. The van der Waals surface area contributed by atoms with Gasteiger partial charge < -0.3 is 4.74 Å². The van der Waals surface area contributed by atoms with Crippen molar-refractivity contribution in [3.63, 3.8) is 0 Å². The number of rotatable bonds is 4. The summed E-state index contributed by atoms with van der Waals surface area (Å²) in [6, 6.07) is 0. The van der Waals surface area contributed by atoms with Crippen LogP contribution in [0.2, 0.25) is 0 Å². The molecule has 1 unspecified atom stereocenters. The summed E-state index contributed by atoms with van der Waals surface area (Å²) >= 11 is 0. The van der Waals surface area contributed by atoms with E-state index in [0.29, 0.717) is 0 Å². The minimum absolute atomic E-state index is 1.96. The van der Waals surface area contributed by atoms with Crippen LogP contribution in [-0.4, -0.2) is 44.0 Å². The van der Waals surface area contributed by atoms with E-state index in [1.54, 1.807) is 0 Å². The maximum absolute atomic E-state index is 12.5. The Morgan fingerprint density at radius 2 is 1.23 bits per heavy atom. The van der Waals surface area contributed by atoms with Gasteiger partial charge in [-0.1, -0.05) is 0 Å². The molecule has 0 aromatic rings. The van der Waals surface area contributed by atoms with Gasteiger partial charge in [-0.2, -0.15) is 52.3 Å². The van der Waals surface area contributed by atoms with Crippen LogP contribution in [0.15, 0.2) is 0 Å². The van der Waals surface area contributed by atoms with Crippen molar-refractivity contribution in [2.75, 3.05) is 0 Å². The third-order valence-corrected chi connectivity index (χ3v) is 2.77. The van der Waals surface area contributed by atoms with Crippen LogP contribution in [0.5, 0.6) is 0 Å². The molecule has 0 amide bonds. The Morgan fingerprint density at radius 1 is 0.864 bits per heavy atom. The van der Waals surface area contributed by atoms with Crippen molar-refractivity contribution in [1.82, 2.24) is 0 Å². The van der Waals surface area contributed by atoms with Gasteiger partial charge in [-0.3, -0.25) is 4.79 Å². The smallest absolute Gasteiger partial charge is 0.395 e. The van der Waals surface area contributed by atoms with Crippen molar-refractivity contribution in [2.24, 2.45) is 0 Å². The Bertz CT molecular complexity index is 530. The summed E-state index contributed by atoms with van der Waals surface area (Å²) in [4.78, 5) is 10.5. The number of halogens is 11. The highest BCUT2D eigenvalue weighted by molar-refractivity contribution is 7.87. The van der Waals surface area contributed by atoms with Crippen molar-refractivity contribution in [2.45, 2.75) is 29.6 Å². The molecule has 0 aromatic heterocycles. The molecule has 22 heavy (non-hydrogen) atoms. The van der Waals surface area contributed by atoms with Crippen molar-refractivity contribution in [3.8, 4) is 0 Å². The number of esters is 1. The summed E-state index contributed by atoms with van der Waals surface area (Å²) in [5.41, 5.74) is 0. The average molecular weight is 378 g/mol. The molecule has 0 N–H and O–H groups in total. The first-order chi connectivity index (χ1) is 9.25. The fraction of sp³-hybridized carbons (Fsp3) is 0.833. The molecule has 0 saturated carbocycles. The van der Waals surface area contributed by atoms with Crippen LogP contribution in [0.4, 0.5) is 47.8 Å². The predicted molar refractivity (Wildman–Crippen MR) is 41.9 cm³/mol. The Labute approximate surface area is 113 Å². The third-order valence-electron chi connectivity index (χ3n) is 1.74. The normalized spacial score (nSPS) is 16.3. The summed E-state index contributed by atoms with van der Waals surface area (Å²) in [5, 5.41) is -5.02. The zero-order valence-corrected chi connectivity index (χ0v) is 10.1. The molecule has 0 saturated heterocycles. The molecule has 0 aliphatic heterocycles. The predicted octanol–water partition coefficient (Wildman–Crippen LogP) is 2.55. The molecule has 1 atom stereocenters. The Hall–Kier alpha value is -1.35. The zero-order valence-electron chi connectivity index (χ0n) is 9.28. The van der Waals surface area contributed by atoms with E-state index in [0.717, 1.165) is 0 Å². The van der Waals surface area contributed by atoms with Crippen LogP contribution in [0.1, 0.15) is 0 Å². The fourth-order valence-electron chi connectivity index (χ4n) is 0.817. The third kappa shape index (κ3) is 4.10. The van der Waals surface area contributed by atoms with Crippen molar-refractivity contribution < 1.29 is 65.7 Å². The van der Waals surface area contributed by atoms with Crippen LogP contribution < -0.4 is 0 Å². The number of carbonyl (C=O) groups is 1. The van der Waals surface area contributed by atoms with Gasteiger partial charge in [0.2, 0.25) is 0 Å². The molecule has 0 aliphatic carbocycles. The molecule has 0 heterocycles. The van der Waals surface area contributed by atoms with Crippen LogP contribution in [0.25, 0.3) is 0 Å². The van der Waals surface area contributed by atoms with Crippen molar-refractivity contribution in [1.29, 1.82) is 0 Å². The summed E-state index contributed by atoms with van der Waals surface area (Å²) in [7, 11) is -7.03. The van der Waals surface area contributed by atoms with E-state index in [1.807, 2.05) is 4.74 Å². The largest absolute Gasteiger partial charge is 0.476 e. The number of carbonyl (C=O) groups excluding carboxylic acids is 1. The maximum atomic E-state index is 12.5. The Morgan fingerprint density at radius 3 is 1.45 bits per heavy atom. The standard InChI is InChI=1S/C6HF11O4S/c7-3(8,9)1(22(17,19)20)2(18)21-6(15,16)4(10,11)5(12,13)14/h1H.